The molecule has 0 spiro atoms. The number of hydrogen-bond donors (Lipinski definition) is 1. The number of ether oxygens (including phenoxy) is 1. The lowest BCUT2D eigenvalue weighted by Gasteiger charge is -2.14. The SMILES string of the molecule is CCCNCc1sc(N(C)CCOC)nc1C1CC1. The van der Waals surface area contributed by atoms with E-state index in [1.165, 1.54) is 29.8 Å². The van der Waals surface area contributed by atoms with Crippen LogP contribution < -0.4 is 10.2 Å². The summed E-state index contributed by atoms with van der Waals surface area (Å²) in [7, 11) is 3.84. The second-order valence-corrected chi connectivity index (χ2v) is 6.23. The van der Waals surface area contributed by atoms with E-state index in [2.05, 4.69) is 24.2 Å². The van der Waals surface area contributed by atoms with Gasteiger partial charge in [0.2, 0.25) is 0 Å². The Morgan fingerprint density at radius 1 is 1.47 bits per heavy atom. The number of nitrogens with zero attached hydrogens (tertiary/aromatic N) is 2. The van der Waals surface area contributed by atoms with E-state index in [0.29, 0.717) is 0 Å². The van der Waals surface area contributed by atoms with Gasteiger partial charge in [-0.3, -0.25) is 0 Å². The van der Waals surface area contributed by atoms with Crippen molar-refractivity contribution >= 4 is 16.5 Å². The van der Waals surface area contributed by atoms with Gasteiger partial charge >= 0.3 is 0 Å². The van der Waals surface area contributed by atoms with Crippen LogP contribution in [0.4, 0.5) is 5.13 Å². The number of methoxy groups -OCH3 is 1. The van der Waals surface area contributed by atoms with Crippen molar-refractivity contribution in [3.05, 3.63) is 10.6 Å². The highest BCUT2D eigenvalue weighted by Gasteiger charge is 2.29. The number of aromatic nitrogens is 1. The lowest BCUT2D eigenvalue weighted by atomic mass is 10.2. The summed E-state index contributed by atoms with van der Waals surface area (Å²) in [5, 5.41) is 4.63. The third-order valence-electron chi connectivity index (χ3n) is 3.35. The van der Waals surface area contributed by atoms with Crippen molar-refractivity contribution in [1.29, 1.82) is 0 Å². The van der Waals surface area contributed by atoms with Crippen LogP contribution in [0.3, 0.4) is 0 Å². The molecule has 2 rings (SSSR count). The van der Waals surface area contributed by atoms with Gasteiger partial charge in [0.25, 0.3) is 0 Å². The summed E-state index contributed by atoms with van der Waals surface area (Å²) in [6, 6.07) is 0. The van der Waals surface area contributed by atoms with Gasteiger partial charge in [-0.05, 0) is 25.8 Å². The fraction of sp³-hybridized carbons (Fsp3) is 0.786. The highest BCUT2D eigenvalue weighted by Crippen LogP contribution is 2.44. The maximum atomic E-state index is 5.13. The van der Waals surface area contributed by atoms with Crippen LogP contribution in [0.1, 0.15) is 42.7 Å². The minimum Gasteiger partial charge on any atom is -0.383 e. The molecule has 0 radical (unpaired) electrons. The van der Waals surface area contributed by atoms with Crippen molar-refractivity contribution in [2.24, 2.45) is 0 Å². The van der Waals surface area contributed by atoms with Gasteiger partial charge in [0.15, 0.2) is 5.13 Å². The van der Waals surface area contributed by atoms with Crippen LogP contribution in [0.15, 0.2) is 0 Å². The predicted molar refractivity (Wildman–Crippen MR) is 81.2 cm³/mol. The van der Waals surface area contributed by atoms with Crippen LogP contribution in [-0.2, 0) is 11.3 Å². The van der Waals surface area contributed by atoms with Gasteiger partial charge in [0, 0.05) is 38.0 Å². The Kier molecular flexibility index (Phi) is 5.60. The first-order valence-corrected chi connectivity index (χ1v) is 7.98. The Balaban J connectivity index is 2.01. The Labute approximate surface area is 120 Å². The molecule has 19 heavy (non-hydrogen) atoms. The van der Waals surface area contributed by atoms with Crippen LogP contribution >= 0.6 is 11.3 Å². The molecule has 4 nitrogen and oxygen atoms in total. The van der Waals surface area contributed by atoms with E-state index in [1.807, 2.05) is 11.3 Å². The Morgan fingerprint density at radius 2 is 2.26 bits per heavy atom. The molecule has 1 aliphatic carbocycles. The van der Waals surface area contributed by atoms with Crippen LogP contribution in [0.25, 0.3) is 0 Å². The number of anilines is 1. The summed E-state index contributed by atoms with van der Waals surface area (Å²) in [5.41, 5.74) is 1.34. The molecule has 0 atom stereocenters. The van der Waals surface area contributed by atoms with Crippen LogP contribution in [0, 0.1) is 0 Å². The maximum Gasteiger partial charge on any atom is 0.185 e. The first kappa shape index (κ1) is 14.8. The molecule has 1 aromatic rings. The van der Waals surface area contributed by atoms with E-state index in [9.17, 15) is 0 Å². The molecule has 1 saturated carbocycles. The van der Waals surface area contributed by atoms with Gasteiger partial charge in [0.1, 0.15) is 0 Å². The molecule has 1 aromatic heterocycles. The average molecular weight is 283 g/mol. The Morgan fingerprint density at radius 3 is 2.89 bits per heavy atom. The molecule has 0 unspecified atom stereocenters. The van der Waals surface area contributed by atoms with E-state index in [0.717, 1.165) is 37.3 Å². The topological polar surface area (TPSA) is 37.4 Å². The summed E-state index contributed by atoms with van der Waals surface area (Å²) in [6.45, 7) is 5.89. The molecule has 0 aromatic carbocycles. The van der Waals surface area contributed by atoms with Gasteiger partial charge < -0.3 is 15.0 Å². The number of hydrogen-bond acceptors (Lipinski definition) is 5. The lowest BCUT2D eigenvalue weighted by molar-refractivity contribution is 0.206. The zero-order chi connectivity index (χ0) is 13.7. The summed E-state index contributed by atoms with van der Waals surface area (Å²) in [6.07, 6.45) is 3.80. The molecule has 1 aliphatic rings. The van der Waals surface area contributed by atoms with E-state index in [-0.39, 0.29) is 0 Å². The molecule has 0 saturated heterocycles. The molecule has 1 N–H and O–H groups in total. The fourth-order valence-corrected chi connectivity index (χ4v) is 3.12. The van der Waals surface area contributed by atoms with Crippen LogP contribution in [0.5, 0.6) is 0 Å². The van der Waals surface area contributed by atoms with E-state index < -0.39 is 0 Å². The van der Waals surface area contributed by atoms with Gasteiger partial charge in [-0.15, -0.1) is 11.3 Å². The van der Waals surface area contributed by atoms with E-state index in [4.69, 9.17) is 9.72 Å². The average Bonchev–Trinajstić information content (AvgIpc) is 3.17. The molecular formula is C14H25N3OS. The summed E-state index contributed by atoms with van der Waals surface area (Å²) >= 11 is 1.83. The second kappa shape index (κ2) is 7.22. The predicted octanol–water partition coefficient (Wildman–Crippen LogP) is 2.60. The number of thiazole rings is 1. The monoisotopic (exact) mass is 283 g/mol. The van der Waals surface area contributed by atoms with Crippen molar-refractivity contribution in [2.75, 3.05) is 38.8 Å². The minimum atomic E-state index is 0.722. The molecule has 5 heteroatoms. The Bertz CT molecular complexity index is 390. The molecular weight excluding hydrogens is 258 g/mol. The van der Waals surface area contributed by atoms with Crippen LogP contribution in [0.2, 0.25) is 0 Å². The third kappa shape index (κ3) is 4.16. The Hall–Kier alpha value is -0.650. The van der Waals surface area contributed by atoms with Crippen LogP contribution in [-0.4, -0.2) is 38.8 Å². The molecule has 1 heterocycles. The third-order valence-corrected chi connectivity index (χ3v) is 4.54. The van der Waals surface area contributed by atoms with Gasteiger partial charge in [0.05, 0.1) is 12.3 Å². The van der Waals surface area contributed by atoms with Gasteiger partial charge in [-0.2, -0.15) is 0 Å². The second-order valence-electron chi connectivity index (χ2n) is 5.17. The zero-order valence-corrected chi connectivity index (χ0v) is 13.1. The van der Waals surface area contributed by atoms with E-state index in [1.54, 1.807) is 7.11 Å². The van der Waals surface area contributed by atoms with Crippen molar-refractivity contribution in [3.63, 3.8) is 0 Å². The maximum absolute atomic E-state index is 5.13. The first-order chi connectivity index (χ1) is 9.26. The van der Waals surface area contributed by atoms with Crippen molar-refractivity contribution in [2.45, 2.75) is 38.6 Å². The highest BCUT2D eigenvalue weighted by molar-refractivity contribution is 7.15. The summed E-state index contributed by atoms with van der Waals surface area (Å²) < 4.78 is 5.13. The molecule has 0 amide bonds. The molecule has 108 valence electrons. The van der Waals surface area contributed by atoms with E-state index >= 15 is 0 Å². The zero-order valence-electron chi connectivity index (χ0n) is 12.2. The normalized spacial score (nSPS) is 14.9. The fourth-order valence-electron chi connectivity index (χ4n) is 2.02. The summed E-state index contributed by atoms with van der Waals surface area (Å²) in [4.78, 5) is 8.48. The molecule has 0 aliphatic heterocycles. The first-order valence-electron chi connectivity index (χ1n) is 7.16. The standard InChI is InChI=1S/C14H25N3OS/c1-4-7-15-10-12-13(11-5-6-11)16-14(19-12)17(2)8-9-18-3/h11,15H,4-10H2,1-3H3. The molecule has 0 bridgehead atoms. The quantitative estimate of drug-likeness (QED) is 0.707. The summed E-state index contributed by atoms with van der Waals surface area (Å²) in [5.74, 6) is 0.722. The lowest BCUT2D eigenvalue weighted by Crippen LogP contribution is -2.21. The smallest absolute Gasteiger partial charge is 0.185 e. The largest absolute Gasteiger partial charge is 0.383 e. The molecule has 1 fully saturated rings. The number of likely N-dealkylation sites (N-methyl/N-ethyl adjacent to an activating group) is 1. The van der Waals surface area contributed by atoms with Crippen molar-refractivity contribution < 1.29 is 4.74 Å². The van der Waals surface area contributed by atoms with Crippen molar-refractivity contribution in [3.8, 4) is 0 Å². The highest BCUT2D eigenvalue weighted by atomic mass is 32.1. The number of nitrogens with one attached hydrogen (secondary N) is 1. The van der Waals surface area contributed by atoms with Gasteiger partial charge in [-0.1, -0.05) is 6.92 Å². The number of rotatable bonds is 9. The van der Waals surface area contributed by atoms with Crippen molar-refractivity contribution in [1.82, 2.24) is 10.3 Å². The minimum absolute atomic E-state index is 0.722. The van der Waals surface area contributed by atoms with Gasteiger partial charge in [-0.25, -0.2) is 4.98 Å².